The van der Waals surface area contributed by atoms with Crippen LogP contribution in [0.2, 0.25) is 19.6 Å². The van der Waals surface area contributed by atoms with E-state index in [4.69, 9.17) is 0 Å². The topological polar surface area (TPSA) is 0 Å². The molecule has 1 aromatic rings. The van der Waals surface area contributed by atoms with Gasteiger partial charge in [-0.05, 0) is 6.07 Å². The van der Waals surface area contributed by atoms with E-state index in [1.807, 2.05) is 19.6 Å². The van der Waals surface area contributed by atoms with Gasteiger partial charge in [0.2, 0.25) is 0 Å². The van der Waals surface area contributed by atoms with Crippen molar-refractivity contribution in [3.05, 3.63) is 29.6 Å². The molecule has 18 heavy (non-hydrogen) atoms. The van der Waals surface area contributed by atoms with Gasteiger partial charge in [0.15, 0.2) is 0 Å². The van der Waals surface area contributed by atoms with Crippen LogP contribution in [-0.4, -0.2) is 15.1 Å². The van der Waals surface area contributed by atoms with Gasteiger partial charge in [-0.2, -0.15) is 0 Å². The van der Waals surface area contributed by atoms with Crippen LogP contribution in [0.15, 0.2) is 18.2 Å². The minimum absolute atomic E-state index is 0. The third kappa shape index (κ3) is 6.55. The maximum atomic E-state index is 13.0. The van der Waals surface area contributed by atoms with E-state index in [0.717, 1.165) is 12.1 Å². The van der Waals surface area contributed by atoms with Gasteiger partial charge in [-0.3, -0.25) is 0 Å². The van der Waals surface area contributed by atoms with Crippen molar-refractivity contribution in [3.63, 3.8) is 0 Å². The third-order valence-electron chi connectivity index (χ3n) is 1.88. The zero-order valence-electron chi connectivity index (χ0n) is 10.8. The average molecular weight is 298 g/mol. The molecule has 0 atom stereocenters. The van der Waals surface area contributed by atoms with E-state index >= 15 is 0 Å². The maximum Gasteiger partial charge on any atom is 1.00 e. The first-order valence-corrected chi connectivity index (χ1v) is 8.61. The molecule has 0 bridgehead atoms. The van der Waals surface area contributed by atoms with Gasteiger partial charge in [0.05, 0.1) is 0 Å². The molecule has 0 radical (unpaired) electrons. The normalized spacial score (nSPS) is 11.3. The van der Waals surface area contributed by atoms with E-state index < -0.39 is 26.3 Å². The Hall–Kier alpha value is 0.418. The maximum absolute atomic E-state index is 13.0. The van der Waals surface area contributed by atoms with Crippen molar-refractivity contribution < 1.29 is 68.7 Å². The van der Waals surface area contributed by atoms with Crippen molar-refractivity contribution in [1.82, 2.24) is 0 Å². The van der Waals surface area contributed by atoms with Crippen LogP contribution < -0.4 is 56.8 Å². The van der Waals surface area contributed by atoms with Crippen LogP contribution >= 0.6 is 0 Å². The summed E-state index contributed by atoms with van der Waals surface area (Å²) in [7, 11) is -1.68. The summed E-state index contributed by atoms with van der Waals surface area (Å²) >= 11 is 0. The Labute approximate surface area is 148 Å². The van der Waals surface area contributed by atoms with Gasteiger partial charge in [0.1, 0.15) is 13.9 Å². The minimum atomic E-state index is -5.18. The van der Waals surface area contributed by atoms with Crippen LogP contribution in [0.3, 0.4) is 0 Å². The van der Waals surface area contributed by atoms with E-state index in [0.29, 0.717) is 6.07 Å². The predicted octanol–water partition coefficient (Wildman–Crippen LogP) is 0.113. The Bertz CT molecular complexity index is 483. The molecule has 1 aromatic carbocycles. The third-order valence-corrected chi connectivity index (χ3v) is 2.75. The summed E-state index contributed by atoms with van der Waals surface area (Å²) in [5.41, 5.74) is 2.05. The molecule has 0 aromatic heterocycles. The van der Waals surface area contributed by atoms with Crippen molar-refractivity contribution in [2.45, 2.75) is 19.6 Å². The molecule has 0 aliphatic rings. The van der Waals surface area contributed by atoms with Gasteiger partial charge < -0.3 is 12.9 Å². The van der Waals surface area contributed by atoms with Crippen molar-refractivity contribution >= 4 is 20.5 Å². The summed E-state index contributed by atoms with van der Waals surface area (Å²) < 4.78 is 50.5. The van der Waals surface area contributed by atoms with Crippen molar-refractivity contribution in [2.75, 3.05) is 0 Å². The molecule has 0 fully saturated rings. The smallest absolute Gasteiger partial charge is 0.445 e. The number of hydrogen-bond acceptors (Lipinski definition) is 0. The molecule has 0 nitrogen and oxygen atoms in total. The SMILES string of the molecule is C[Si](C)(C)C#Cc1cc(F)cc([B-](F)(F)F)c1.[K+]. The molecule has 0 N–H and O–H groups in total. The first-order chi connectivity index (χ1) is 7.58. The van der Waals surface area contributed by atoms with Gasteiger partial charge in [-0.25, -0.2) is 4.39 Å². The molecule has 0 aliphatic carbocycles. The van der Waals surface area contributed by atoms with E-state index in [-0.39, 0.29) is 56.9 Å². The van der Waals surface area contributed by atoms with Crippen molar-refractivity contribution in [2.24, 2.45) is 0 Å². The average Bonchev–Trinajstić information content (AvgIpc) is 2.11. The summed E-state index contributed by atoms with van der Waals surface area (Å²) in [6.07, 6.45) is 0. The van der Waals surface area contributed by atoms with E-state index in [1.165, 1.54) is 0 Å². The molecule has 7 heteroatoms. The first kappa shape index (κ1) is 18.4. The monoisotopic (exact) mass is 298 g/mol. The van der Waals surface area contributed by atoms with Crippen molar-refractivity contribution in [3.8, 4) is 11.5 Å². The molecular weight excluding hydrogens is 286 g/mol. The molecule has 0 saturated heterocycles. The quantitative estimate of drug-likeness (QED) is 0.392. The summed E-state index contributed by atoms with van der Waals surface area (Å²) in [4.78, 5) is 0. The second kappa shape index (κ2) is 6.73. The minimum Gasteiger partial charge on any atom is -0.445 e. The zero-order valence-corrected chi connectivity index (χ0v) is 14.9. The summed E-state index contributed by atoms with van der Waals surface area (Å²) in [5.74, 6) is 1.72. The molecule has 0 unspecified atom stereocenters. The number of hydrogen-bond donors (Lipinski definition) is 0. The summed E-state index contributed by atoms with van der Waals surface area (Å²) in [6.45, 7) is 0.714. The standard InChI is InChI=1S/C11H12BF4Si.K/c1-17(2,3)5-4-9-6-10(12(14,15)16)8-11(13)7-9;/h6-8H,1-3H3;/q-1;+1. The van der Waals surface area contributed by atoms with Crippen LogP contribution in [0.25, 0.3) is 0 Å². The largest absolute Gasteiger partial charge is 1.00 e. The Kier molecular flexibility index (Phi) is 6.88. The second-order valence-electron chi connectivity index (χ2n) is 4.85. The van der Waals surface area contributed by atoms with Crippen LogP contribution in [-0.2, 0) is 0 Å². The molecule has 0 spiro atoms. The number of benzene rings is 1. The fourth-order valence-corrected chi connectivity index (χ4v) is 1.65. The first-order valence-electron chi connectivity index (χ1n) is 5.11. The van der Waals surface area contributed by atoms with Gasteiger partial charge in [-0.15, -0.1) is 11.0 Å². The Morgan fingerprint density at radius 2 is 1.61 bits per heavy atom. The van der Waals surface area contributed by atoms with Crippen molar-refractivity contribution in [1.29, 1.82) is 0 Å². The van der Waals surface area contributed by atoms with E-state index in [9.17, 15) is 17.3 Å². The van der Waals surface area contributed by atoms with Gasteiger partial charge in [0.25, 0.3) is 0 Å². The second-order valence-corrected chi connectivity index (χ2v) is 9.60. The van der Waals surface area contributed by atoms with E-state index in [1.54, 1.807) is 0 Å². The van der Waals surface area contributed by atoms with Crippen LogP contribution in [0.4, 0.5) is 17.3 Å². The predicted molar refractivity (Wildman–Crippen MR) is 65.3 cm³/mol. The number of rotatable bonds is 1. The van der Waals surface area contributed by atoms with Gasteiger partial charge in [0, 0.05) is 5.56 Å². The summed E-state index contributed by atoms with van der Waals surface area (Å²) in [5, 5.41) is 0. The van der Waals surface area contributed by atoms with Crippen LogP contribution in [0.5, 0.6) is 0 Å². The zero-order chi connectivity index (χ0) is 13.3. The Morgan fingerprint density at radius 1 is 1.06 bits per heavy atom. The molecular formula is C11H12BF4KSi. The molecule has 0 aliphatic heterocycles. The molecule has 1 rings (SSSR count). The molecule has 92 valence electrons. The number of halogens is 4. The van der Waals surface area contributed by atoms with E-state index in [2.05, 4.69) is 11.5 Å². The molecule has 0 saturated carbocycles. The Balaban J connectivity index is 0.00000289. The summed E-state index contributed by atoms with van der Waals surface area (Å²) in [6, 6.07) is 2.42. The Morgan fingerprint density at radius 3 is 2.06 bits per heavy atom. The molecule has 0 heterocycles. The van der Waals surface area contributed by atoms with Gasteiger partial charge in [-0.1, -0.05) is 37.7 Å². The fraction of sp³-hybridized carbons (Fsp3) is 0.273. The van der Waals surface area contributed by atoms with Gasteiger partial charge >= 0.3 is 58.4 Å². The molecule has 0 amide bonds. The van der Waals surface area contributed by atoms with Crippen LogP contribution in [0, 0.1) is 17.3 Å². The van der Waals surface area contributed by atoms with Crippen LogP contribution in [0.1, 0.15) is 5.56 Å². The fourth-order valence-electron chi connectivity index (χ4n) is 1.13.